The third-order valence-corrected chi connectivity index (χ3v) is 4.16. The van der Waals surface area contributed by atoms with E-state index in [1.165, 1.54) is 0 Å². The predicted octanol–water partition coefficient (Wildman–Crippen LogP) is 2.27. The van der Waals surface area contributed by atoms with Crippen LogP contribution in [0.1, 0.15) is 33.6 Å². The van der Waals surface area contributed by atoms with Crippen LogP contribution >= 0.6 is 11.8 Å². The first-order valence-electron chi connectivity index (χ1n) is 4.79. The molecule has 2 nitrogen and oxygen atoms in total. The number of ketones is 1. The van der Waals surface area contributed by atoms with Crippen LogP contribution in [0.2, 0.25) is 0 Å². The number of rotatable bonds is 3. The van der Waals surface area contributed by atoms with Gasteiger partial charge >= 0.3 is 0 Å². The Bertz CT molecular complexity index is 183. The van der Waals surface area contributed by atoms with Crippen LogP contribution in [0.3, 0.4) is 0 Å². The van der Waals surface area contributed by atoms with Crippen LogP contribution in [0.4, 0.5) is 0 Å². The molecule has 1 aliphatic heterocycles. The quantitative estimate of drug-likeness (QED) is 0.702. The highest BCUT2D eigenvalue weighted by molar-refractivity contribution is 8.01. The number of Topliss-reactive ketones (excluding diaryl/α,β-unsaturated/α-hetero) is 1. The van der Waals surface area contributed by atoms with E-state index in [4.69, 9.17) is 4.74 Å². The van der Waals surface area contributed by atoms with Gasteiger partial charge in [0.25, 0.3) is 0 Å². The maximum Gasteiger partial charge on any atom is 0.145 e. The zero-order valence-corrected chi connectivity index (χ0v) is 9.45. The lowest BCUT2D eigenvalue weighted by molar-refractivity contribution is -0.118. The largest absolute Gasteiger partial charge is 0.381 e. The Balaban J connectivity index is 2.41. The maximum atomic E-state index is 11.3. The van der Waals surface area contributed by atoms with E-state index in [1.54, 1.807) is 18.7 Å². The van der Waals surface area contributed by atoms with Gasteiger partial charge < -0.3 is 4.74 Å². The van der Waals surface area contributed by atoms with Gasteiger partial charge in [-0.05, 0) is 33.6 Å². The minimum Gasteiger partial charge on any atom is -0.381 e. The summed E-state index contributed by atoms with van der Waals surface area (Å²) < 4.78 is 5.06. The molecule has 0 spiro atoms. The number of carbonyl (C=O) groups is 1. The molecule has 0 amide bonds. The van der Waals surface area contributed by atoms with Crippen molar-refractivity contribution in [3.05, 3.63) is 0 Å². The lowest BCUT2D eigenvalue weighted by Crippen LogP contribution is -2.30. The summed E-state index contributed by atoms with van der Waals surface area (Å²) in [4.78, 5) is 11.3. The highest BCUT2D eigenvalue weighted by Crippen LogP contribution is 2.34. The van der Waals surface area contributed by atoms with E-state index in [2.05, 4.69) is 0 Å². The first kappa shape index (κ1) is 11.1. The minimum absolute atomic E-state index is 0.220. The van der Waals surface area contributed by atoms with Gasteiger partial charge in [0.05, 0.1) is 4.75 Å². The molecule has 1 rings (SSSR count). The highest BCUT2D eigenvalue weighted by Gasteiger charge is 2.29. The molecular formula is C10H18O2S. The van der Waals surface area contributed by atoms with Gasteiger partial charge in [-0.15, -0.1) is 11.8 Å². The van der Waals surface area contributed by atoms with Crippen molar-refractivity contribution in [2.24, 2.45) is 0 Å². The summed E-state index contributed by atoms with van der Waals surface area (Å²) in [6.07, 6.45) is 2.17. The van der Waals surface area contributed by atoms with Gasteiger partial charge in [-0.25, -0.2) is 0 Å². The molecule has 0 aliphatic carbocycles. The molecule has 3 heteroatoms. The van der Waals surface area contributed by atoms with Crippen molar-refractivity contribution in [1.82, 2.24) is 0 Å². The van der Waals surface area contributed by atoms with E-state index in [0.717, 1.165) is 26.1 Å². The van der Waals surface area contributed by atoms with Crippen LogP contribution in [0.15, 0.2) is 0 Å². The number of hydrogen-bond donors (Lipinski definition) is 0. The summed E-state index contributed by atoms with van der Waals surface area (Å²) in [6.45, 7) is 7.40. The van der Waals surface area contributed by atoms with Gasteiger partial charge in [-0.2, -0.15) is 0 Å². The molecule has 0 radical (unpaired) electrons. The fraction of sp³-hybridized carbons (Fsp3) is 0.900. The van der Waals surface area contributed by atoms with E-state index in [1.807, 2.05) is 13.8 Å². The lowest BCUT2D eigenvalue weighted by atomic mass is 10.1. The summed E-state index contributed by atoms with van der Waals surface area (Å²) >= 11 is 1.80. The molecule has 1 aliphatic rings. The van der Waals surface area contributed by atoms with Gasteiger partial charge in [0.15, 0.2) is 0 Å². The highest BCUT2D eigenvalue weighted by atomic mass is 32.2. The Morgan fingerprint density at radius 3 is 2.38 bits per heavy atom. The Morgan fingerprint density at radius 1 is 1.38 bits per heavy atom. The Hall–Kier alpha value is -0.0200. The molecule has 0 aromatic rings. The molecule has 0 aromatic carbocycles. The van der Waals surface area contributed by atoms with Crippen molar-refractivity contribution in [3.8, 4) is 0 Å². The van der Waals surface area contributed by atoms with Gasteiger partial charge in [0, 0.05) is 18.5 Å². The first-order chi connectivity index (χ1) is 6.02. The average Bonchev–Trinajstić information content (AvgIpc) is 2.05. The second-order valence-electron chi connectivity index (χ2n) is 4.00. The molecule has 76 valence electrons. The molecular weight excluding hydrogens is 184 g/mol. The summed E-state index contributed by atoms with van der Waals surface area (Å²) in [7, 11) is 0. The SMILES string of the molecule is CC(=O)C(C)(C)SC1CCOCC1. The second-order valence-corrected chi connectivity index (χ2v) is 5.92. The van der Waals surface area contributed by atoms with Gasteiger partial charge in [0.2, 0.25) is 0 Å². The van der Waals surface area contributed by atoms with Crippen LogP contribution in [-0.4, -0.2) is 29.0 Å². The van der Waals surface area contributed by atoms with Crippen LogP contribution in [0.25, 0.3) is 0 Å². The molecule has 0 N–H and O–H groups in total. The van der Waals surface area contributed by atoms with Crippen LogP contribution in [0.5, 0.6) is 0 Å². The van der Waals surface area contributed by atoms with Gasteiger partial charge in [0.1, 0.15) is 5.78 Å². The number of ether oxygens (including phenoxy) is 1. The third kappa shape index (κ3) is 3.31. The summed E-state index contributed by atoms with van der Waals surface area (Å²) in [6, 6.07) is 0. The summed E-state index contributed by atoms with van der Waals surface area (Å²) in [5, 5.41) is 0.604. The van der Waals surface area contributed by atoms with Crippen LogP contribution in [0, 0.1) is 0 Å². The molecule has 0 aromatic heterocycles. The topological polar surface area (TPSA) is 26.3 Å². The van der Waals surface area contributed by atoms with E-state index in [9.17, 15) is 4.79 Å². The van der Waals surface area contributed by atoms with Crippen molar-refractivity contribution in [1.29, 1.82) is 0 Å². The number of hydrogen-bond acceptors (Lipinski definition) is 3. The first-order valence-corrected chi connectivity index (χ1v) is 5.67. The Kier molecular flexibility index (Phi) is 3.80. The number of thioether (sulfide) groups is 1. The minimum atomic E-state index is -0.220. The smallest absolute Gasteiger partial charge is 0.145 e. The van der Waals surface area contributed by atoms with Crippen LogP contribution in [-0.2, 0) is 9.53 Å². The van der Waals surface area contributed by atoms with Gasteiger partial charge in [-0.1, -0.05) is 0 Å². The monoisotopic (exact) mass is 202 g/mol. The summed E-state index contributed by atoms with van der Waals surface area (Å²) in [5.74, 6) is 0.268. The summed E-state index contributed by atoms with van der Waals surface area (Å²) in [5.41, 5.74) is 0. The number of carbonyl (C=O) groups excluding carboxylic acids is 1. The van der Waals surface area contributed by atoms with Gasteiger partial charge in [-0.3, -0.25) is 4.79 Å². The predicted molar refractivity (Wildman–Crippen MR) is 56.2 cm³/mol. The fourth-order valence-corrected chi connectivity index (χ4v) is 2.72. The van der Waals surface area contributed by atoms with E-state index in [-0.39, 0.29) is 10.5 Å². The van der Waals surface area contributed by atoms with Crippen molar-refractivity contribution in [3.63, 3.8) is 0 Å². The van der Waals surface area contributed by atoms with E-state index >= 15 is 0 Å². The molecule has 1 fully saturated rings. The molecule has 0 saturated carbocycles. The Labute approximate surface area is 84.4 Å². The molecule has 1 heterocycles. The van der Waals surface area contributed by atoms with Crippen LogP contribution < -0.4 is 0 Å². The molecule has 0 bridgehead atoms. The second kappa shape index (κ2) is 4.47. The standard InChI is InChI=1S/C10H18O2S/c1-8(11)10(2,3)13-9-4-6-12-7-5-9/h9H,4-7H2,1-3H3. The third-order valence-electron chi connectivity index (χ3n) is 2.48. The maximum absolute atomic E-state index is 11.3. The average molecular weight is 202 g/mol. The van der Waals surface area contributed by atoms with Crippen molar-refractivity contribution in [2.75, 3.05) is 13.2 Å². The molecule has 1 saturated heterocycles. The normalized spacial score (nSPS) is 20.2. The van der Waals surface area contributed by atoms with E-state index in [0.29, 0.717) is 5.25 Å². The Morgan fingerprint density at radius 2 is 1.92 bits per heavy atom. The molecule has 13 heavy (non-hydrogen) atoms. The van der Waals surface area contributed by atoms with E-state index < -0.39 is 0 Å². The van der Waals surface area contributed by atoms with Crippen molar-refractivity contribution in [2.45, 2.75) is 43.6 Å². The molecule has 0 atom stereocenters. The van der Waals surface area contributed by atoms with Crippen molar-refractivity contribution >= 4 is 17.5 Å². The van der Waals surface area contributed by atoms with Crippen molar-refractivity contribution < 1.29 is 9.53 Å². The molecule has 0 unspecified atom stereocenters. The lowest BCUT2D eigenvalue weighted by Gasteiger charge is -2.29. The fourth-order valence-electron chi connectivity index (χ4n) is 1.29. The zero-order valence-electron chi connectivity index (χ0n) is 8.63. The zero-order chi connectivity index (χ0) is 9.90.